The van der Waals surface area contributed by atoms with Crippen molar-refractivity contribution in [1.82, 2.24) is 24.4 Å². The van der Waals surface area contributed by atoms with Crippen LogP contribution in [0.5, 0.6) is 0 Å². The van der Waals surface area contributed by atoms with Crippen LogP contribution in [0, 0.1) is 0 Å². The van der Waals surface area contributed by atoms with Crippen LogP contribution in [0.2, 0.25) is 0 Å². The summed E-state index contributed by atoms with van der Waals surface area (Å²) >= 11 is 0. The van der Waals surface area contributed by atoms with E-state index in [4.69, 9.17) is 10.5 Å². The fourth-order valence-electron chi connectivity index (χ4n) is 3.46. The summed E-state index contributed by atoms with van der Waals surface area (Å²) in [6, 6.07) is 1.30. The van der Waals surface area contributed by atoms with Gasteiger partial charge in [0.2, 0.25) is 6.23 Å². The molecule has 26 heavy (non-hydrogen) atoms. The van der Waals surface area contributed by atoms with Gasteiger partial charge in [-0.3, -0.25) is 9.47 Å². The molecule has 2 aromatic heterocycles. The highest BCUT2D eigenvalue weighted by Crippen LogP contribution is 2.42. The van der Waals surface area contributed by atoms with E-state index in [0.717, 1.165) is 28.8 Å². The van der Waals surface area contributed by atoms with E-state index in [1.807, 2.05) is 4.90 Å². The van der Waals surface area contributed by atoms with Crippen LogP contribution in [-0.4, -0.2) is 49.5 Å². The highest BCUT2D eigenvalue weighted by molar-refractivity contribution is 5.23. The number of nitrogen functional groups attached to an aromatic ring is 1. The summed E-state index contributed by atoms with van der Waals surface area (Å²) in [6.45, 7) is 1.63. The van der Waals surface area contributed by atoms with E-state index in [1.165, 1.54) is 18.6 Å². The Hall–Kier alpha value is -2.46. The van der Waals surface area contributed by atoms with E-state index in [-0.39, 0.29) is 5.82 Å². The minimum atomic E-state index is -3.16. The van der Waals surface area contributed by atoms with Gasteiger partial charge in [-0.2, -0.15) is 4.98 Å². The molecule has 0 amide bonds. The number of halogens is 2. The van der Waals surface area contributed by atoms with Crippen LogP contribution in [-0.2, 0) is 17.7 Å². The molecule has 10 heteroatoms. The predicted molar refractivity (Wildman–Crippen MR) is 87.4 cm³/mol. The topological polar surface area (TPSA) is 99.2 Å². The molecule has 0 radical (unpaired) electrons. The lowest BCUT2D eigenvalue weighted by Crippen LogP contribution is -2.37. The lowest BCUT2D eigenvalue weighted by molar-refractivity contribution is -0.119. The van der Waals surface area contributed by atoms with Crippen LogP contribution < -0.4 is 11.4 Å². The molecule has 2 N–H and O–H groups in total. The second-order valence-electron chi connectivity index (χ2n) is 6.60. The first-order chi connectivity index (χ1) is 12.4. The summed E-state index contributed by atoms with van der Waals surface area (Å²) in [4.78, 5) is 25.7. The number of ether oxygens (including phenoxy) is 1. The van der Waals surface area contributed by atoms with Gasteiger partial charge in [-0.25, -0.2) is 23.5 Å². The Bertz CT molecular complexity index is 874. The molecular formula is C16H18F2N6O2. The SMILES string of the molecule is Nc1ccn([C@@H]2OC(CN3CCc4cncnc4C3)CC2(F)F)c(=O)n1. The van der Waals surface area contributed by atoms with Crippen molar-refractivity contribution >= 4 is 5.82 Å². The molecule has 4 rings (SSSR count). The highest BCUT2D eigenvalue weighted by atomic mass is 19.3. The number of nitrogens with two attached hydrogens (primary N) is 1. The summed E-state index contributed by atoms with van der Waals surface area (Å²) < 4.78 is 35.2. The molecule has 2 aliphatic rings. The fraction of sp³-hybridized carbons (Fsp3) is 0.500. The Morgan fingerprint density at radius 3 is 3.08 bits per heavy atom. The van der Waals surface area contributed by atoms with Crippen LogP contribution in [0.1, 0.15) is 23.9 Å². The molecule has 2 aromatic rings. The smallest absolute Gasteiger partial charge is 0.351 e. The molecule has 0 bridgehead atoms. The van der Waals surface area contributed by atoms with E-state index in [0.29, 0.717) is 13.1 Å². The summed E-state index contributed by atoms with van der Waals surface area (Å²) in [6.07, 6.45) is 2.41. The van der Waals surface area contributed by atoms with Crippen molar-refractivity contribution in [3.8, 4) is 0 Å². The molecule has 1 saturated heterocycles. The van der Waals surface area contributed by atoms with Gasteiger partial charge in [0.15, 0.2) is 0 Å². The van der Waals surface area contributed by atoms with Gasteiger partial charge in [-0.1, -0.05) is 0 Å². The van der Waals surface area contributed by atoms with Crippen LogP contribution in [0.3, 0.4) is 0 Å². The Morgan fingerprint density at radius 1 is 1.42 bits per heavy atom. The molecule has 1 unspecified atom stereocenters. The average molecular weight is 364 g/mol. The summed E-state index contributed by atoms with van der Waals surface area (Å²) in [5.74, 6) is -3.18. The van der Waals surface area contributed by atoms with Crippen molar-refractivity contribution in [1.29, 1.82) is 0 Å². The van der Waals surface area contributed by atoms with E-state index in [1.54, 1.807) is 6.20 Å². The molecule has 0 saturated carbocycles. The summed E-state index contributed by atoms with van der Waals surface area (Å²) in [5, 5.41) is 0. The minimum absolute atomic E-state index is 0.0157. The summed E-state index contributed by atoms with van der Waals surface area (Å²) in [7, 11) is 0. The number of hydrogen-bond acceptors (Lipinski definition) is 7. The monoisotopic (exact) mass is 364 g/mol. The van der Waals surface area contributed by atoms with Gasteiger partial charge in [0, 0.05) is 38.4 Å². The Balaban J connectivity index is 1.47. The maximum absolute atomic E-state index is 14.4. The number of nitrogens with zero attached hydrogens (tertiary/aromatic N) is 5. The van der Waals surface area contributed by atoms with Crippen LogP contribution >= 0.6 is 0 Å². The van der Waals surface area contributed by atoms with E-state index < -0.39 is 30.4 Å². The van der Waals surface area contributed by atoms with Crippen molar-refractivity contribution in [2.45, 2.75) is 37.6 Å². The number of fused-ring (bicyclic) bond motifs is 1. The third-order valence-corrected chi connectivity index (χ3v) is 4.70. The first kappa shape index (κ1) is 17.0. The Morgan fingerprint density at radius 2 is 2.27 bits per heavy atom. The maximum atomic E-state index is 14.4. The van der Waals surface area contributed by atoms with E-state index in [2.05, 4.69) is 15.0 Å². The van der Waals surface area contributed by atoms with Crippen molar-refractivity contribution < 1.29 is 13.5 Å². The van der Waals surface area contributed by atoms with Gasteiger partial charge < -0.3 is 10.5 Å². The zero-order chi connectivity index (χ0) is 18.3. The number of aromatic nitrogens is 4. The highest BCUT2D eigenvalue weighted by Gasteiger charge is 2.52. The molecule has 138 valence electrons. The molecule has 0 aromatic carbocycles. The van der Waals surface area contributed by atoms with Crippen molar-refractivity contribution in [3.63, 3.8) is 0 Å². The zero-order valence-electron chi connectivity index (χ0n) is 13.9. The molecule has 0 spiro atoms. The number of rotatable bonds is 3. The van der Waals surface area contributed by atoms with Gasteiger partial charge >= 0.3 is 5.69 Å². The summed E-state index contributed by atoms with van der Waals surface area (Å²) in [5.41, 5.74) is 6.56. The van der Waals surface area contributed by atoms with Crippen molar-refractivity contribution in [3.05, 3.63) is 46.5 Å². The van der Waals surface area contributed by atoms with Crippen LogP contribution in [0.4, 0.5) is 14.6 Å². The van der Waals surface area contributed by atoms with Gasteiger partial charge in [0.05, 0.1) is 11.8 Å². The molecule has 4 heterocycles. The standard InChI is InChI=1S/C16H18F2N6O2/c17-16(18)5-11(26-14(16)24-4-2-13(19)22-15(24)25)7-23-3-1-10-6-20-9-21-12(10)8-23/h2,4,6,9,11,14H,1,3,5,7-8H2,(H2,19,22,25)/t11?,14-/m1/s1. The second-order valence-corrected chi connectivity index (χ2v) is 6.60. The van der Waals surface area contributed by atoms with Gasteiger partial charge in [-0.05, 0) is 18.1 Å². The lowest BCUT2D eigenvalue weighted by Gasteiger charge is -2.29. The zero-order valence-corrected chi connectivity index (χ0v) is 13.9. The largest absolute Gasteiger partial charge is 0.383 e. The molecule has 2 atom stereocenters. The predicted octanol–water partition coefficient (Wildman–Crippen LogP) is 0.597. The average Bonchev–Trinajstić information content (AvgIpc) is 2.89. The lowest BCUT2D eigenvalue weighted by atomic mass is 10.1. The Kier molecular flexibility index (Phi) is 4.16. The third kappa shape index (κ3) is 3.17. The Labute approximate surface area is 147 Å². The fourth-order valence-corrected chi connectivity index (χ4v) is 3.46. The normalized spacial score (nSPS) is 25.2. The third-order valence-electron chi connectivity index (χ3n) is 4.70. The van der Waals surface area contributed by atoms with E-state index >= 15 is 0 Å². The van der Waals surface area contributed by atoms with Crippen molar-refractivity contribution in [2.75, 3.05) is 18.8 Å². The molecule has 0 aliphatic carbocycles. The molecule has 1 fully saturated rings. The first-order valence-corrected chi connectivity index (χ1v) is 8.30. The molecule has 8 nitrogen and oxygen atoms in total. The molecular weight excluding hydrogens is 346 g/mol. The van der Waals surface area contributed by atoms with Crippen LogP contribution in [0.25, 0.3) is 0 Å². The number of hydrogen-bond donors (Lipinski definition) is 1. The van der Waals surface area contributed by atoms with Gasteiger partial charge in [0.1, 0.15) is 12.1 Å². The van der Waals surface area contributed by atoms with Crippen molar-refractivity contribution in [2.24, 2.45) is 0 Å². The van der Waals surface area contributed by atoms with Gasteiger partial charge in [0.25, 0.3) is 5.92 Å². The minimum Gasteiger partial charge on any atom is -0.383 e. The quantitative estimate of drug-likeness (QED) is 0.851. The number of anilines is 1. The van der Waals surface area contributed by atoms with Gasteiger partial charge in [-0.15, -0.1) is 0 Å². The van der Waals surface area contributed by atoms with E-state index in [9.17, 15) is 13.6 Å². The number of alkyl halides is 2. The second kappa shape index (κ2) is 6.36. The first-order valence-electron chi connectivity index (χ1n) is 8.30. The molecule has 2 aliphatic heterocycles. The van der Waals surface area contributed by atoms with Crippen LogP contribution in [0.15, 0.2) is 29.6 Å². The maximum Gasteiger partial charge on any atom is 0.351 e.